The van der Waals surface area contributed by atoms with Gasteiger partial charge in [0.2, 0.25) is 15.9 Å². The lowest BCUT2D eigenvalue weighted by atomic mass is 10.2. The quantitative estimate of drug-likeness (QED) is 0.779. The molecule has 1 aromatic rings. The summed E-state index contributed by atoms with van der Waals surface area (Å²) >= 11 is 0. The Labute approximate surface area is 144 Å². The molecule has 0 radical (unpaired) electrons. The maximum Gasteiger partial charge on any atom is 0.225 e. The number of rotatable bonds is 8. The smallest absolute Gasteiger partial charge is 0.225 e. The highest BCUT2D eigenvalue weighted by atomic mass is 32.2. The van der Waals surface area contributed by atoms with Crippen molar-refractivity contribution in [3.8, 4) is 5.75 Å². The van der Waals surface area contributed by atoms with Gasteiger partial charge in [-0.15, -0.1) is 0 Å². The molecule has 6 nitrogen and oxygen atoms in total. The van der Waals surface area contributed by atoms with Crippen molar-refractivity contribution in [1.82, 2.24) is 4.31 Å². The maximum absolute atomic E-state index is 12.1. The minimum atomic E-state index is -3.29. The van der Waals surface area contributed by atoms with E-state index in [9.17, 15) is 13.2 Å². The van der Waals surface area contributed by atoms with Crippen LogP contribution >= 0.6 is 0 Å². The van der Waals surface area contributed by atoms with Crippen molar-refractivity contribution in [3.63, 3.8) is 0 Å². The van der Waals surface area contributed by atoms with Gasteiger partial charge in [0.15, 0.2) is 0 Å². The van der Waals surface area contributed by atoms with Crippen molar-refractivity contribution in [2.75, 3.05) is 24.7 Å². The minimum Gasteiger partial charge on any atom is -0.494 e. The van der Waals surface area contributed by atoms with E-state index in [0.717, 1.165) is 31.4 Å². The minimum absolute atomic E-state index is 0.0401. The van der Waals surface area contributed by atoms with Crippen molar-refractivity contribution < 1.29 is 17.9 Å². The molecule has 0 heterocycles. The summed E-state index contributed by atoms with van der Waals surface area (Å²) in [6, 6.07) is 7.17. The third-order valence-corrected chi connectivity index (χ3v) is 5.50. The largest absolute Gasteiger partial charge is 0.494 e. The molecule has 0 unspecified atom stereocenters. The topological polar surface area (TPSA) is 75.7 Å². The SMILES string of the molecule is CCOc1ccc(NC(=O)CCN(C2CCCC2)S(C)(=O)=O)cc1. The van der Waals surface area contributed by atoms with E-state index in [2.05, 4.69) is 5.32 Å². The number of hydrogen-bond acceptors (Lipinski definition) is 4. The summed E-state index contributed by atoms with van der Waals surface area (Å²) in [5.41, 5.74) is 0.676. The van der Waals surface area contributed by atoms with Gasteiger partial charge in [-0.2, -0.15) is 4.31 Å². The van der Waals surface area contributed by atoms with Gasteiger partial charge in [-0.1, -0.05) is 12.8 Å². The second kappa shape index (κ2) is 8.48. The molecule has 7 heteroatoms. The number of anilines is 1. The monoisotopic (exact) mass is 354 g/mol. The van der Waals surface area contributed by atoms with E-state index >= 15 is 0 Å². The van der Waals surface area contributed by atoms with Crippen molar-refractivity contribution in [1.29, 1.82) is 0 Å². The highest BCUT2D eigenvalue weighted by Gasteiger charge is 2.29. The summed E-state index contributed by atoms with van der Waals surface area (Å²) in [7, 11) is -3.29. The first-order valence-corrected chi connectivity index (χ1v) is 10.2. The molecule has 1 N–H and O–H groups in total. The molecule has 24 heavy (non-hydrogen) atoms. The molecule has 0 aliphatic heterocycles. The van der Waals surface area contributed by atoms with Crippen molar-refractivity contribution in [2.45, 2.75) is 45.1 Å². The fourth-order valence-electron chi connectivity index (χ4n) is 3.05. The summed E-state index contributed by atoms with van der Waals surface area (Å²) in [6.07, 6.45) is 5.23. The van der Waals surface area contributed by atoms with Gasteiger partial charge in [0, 0.05) is 24.7 Å². The molecule has 0 aromatic heterocycles. The molecule has 1 aliphatic carbocycles. The van der Waals surface area contributed by atoms with Crippen molar-refractivity contribution in [2.24, 2.45) is 0 Å². The molecule has 0 spiro atoms. The van der Waals surface area contributed by atoms with Gasteiger partial charge in [-0.25, -0.2) is 8.42 Å². The number of hydrogen-bond donors (Lipinski definition) is 1. The number of nitrogens with one attached hydrogen (secondary N) is 1. The second-order valence-electron chi connectivity index (χ2n) is 6.07. The lowest BCUT2D eigenvalue weighted by molar-refractivity contribution is -0.116. The number of sulfonamides is 1. The average molecular weight is 354 g/mol. The van der Waals surface area contributed by atoms with Crippen molar-refractivity contribution in [3.05, 3.63) is 24.3 Å². The number of nitrogens with zero attached hydrogens (tertiary/aromatic N) is 1. The van der Waals surface area contributed by atoms with Crippen LogP contribution in [0.3, 0.4) is 0 Å². The zero-order valence-corrected chi connectivity index (χ0v) is 15.1. The third-order valence-electron chi connectivity index (χ3n) is 4.17. The first-order valence-electron chi connectivity index (χ1n) is 8.39. The van der Waals surface area contributed by atoms with Gasteiger partial charge < -0.3 is 10.1 Å². The van der Waals surface area contributed by atoms with Crippen LogP contribution in [0, 0.1) is 0 Å². The molecule has 1 aromatic carbocycles. The highest BCUT2D eigenvalue weighted by Crippen LogP contribution is 2.25. The first-order chi connectivity index (χ1) is 11.4. The zero-order chi connectivity index (χ0) is 17.6. The van der Waals surface area contributed by atoms with E-state index in [4.69, 9.17) is 4.74 Å². The molecule has 1 amide bonds. The summed E-state index contributed by atoms with van der Waals surface area (Å²) in [6.45, 7) is 2.73. The van der Waals surface area contributed by atoms with Crippen LogP contribution in [-0.2, 0) is 14.8 Å². The Balaban J connectivity index is 1.88. The fraction of sp³-hybridized carbons (Fsp3) is 0.588. The standard InChI is InChI=1S/C17H26N2O4S/c1-3-23-16-10-8-14(9-11-16)18-17(20)12-13-19(24(2,21)22)15-6-4-5-7-15/h8-11,15H,3-7,12-13H2,1-2H3,(H,18,20). The van der Waals surface area contributed by atoms with Crippen molar-refractivity contribution >= 4 is 21.6 Å². The summed E-state index contributed by atoms with van der Waals surface area (Å²) in [5.74, 6) is 0.561. The number of benzene rings is 1. The Morgan fingerprint density at radius 2 is 1.88 bits per heavy atom. The van der Waals surface area contributed by atoms with Gasteiger partial charge >= 0.3 is 0 Å². The second-order valence-corrected chi connectivity index (χ2v) is 8.00. The Morgan fingerprint density at radius 1 is 1.25 bits per heavy atom. The Hall–Kier alpha value is -1.60. The predicted molar refractivity (Wildman–Crippen MR) is 94.7 cm³/mol. The number of carbonyl (C=O) groups is 1. The van der Waals surface area contributed by atoms with Gasteiger partial charge in [0.1, 0.15) is 5.75 Å². The van der Waals surface area contributed by atoms with Crippen LogP contribution < -0.4 is 10.1 Å². The Bertz CT molecular complexity index is 637. The van der Waals surface area contributed by atoms with Crippen LogP contribution in [0.4, 0.5) is 5.69 Å². The molecular formula is C17H26N2O4S. The molecule has 1 aliphatic rings. The molecule has 0 bridgehead atoms. The van der Waals surface area contributed by atoms with Crippen LogP contribution in [0.2, 0.25) is 0 Å². The van der Waals surface area contributed by atoms with E-state index in [1.54, 1.807) is 24.3 Å². The van der Waals surface area contributed by atoms with Crippen LogP contribution in [0.1, 0.15) is 39.0 Å². The predicted octanol–water partition coefficient (Wildman–Crippen LogP) is 2.62. The molecule has 1 fully saturated rings. The Kier molecular flexibility index (Phi) is 6.62. The lowest BCUT2D eigenvalue weighted by Gasteiger charge is -2.26. The van der Waals surface area contributed by atoms with E-state index in [1.807, 2.05) is 6.92 Å². The first kappa shape index (κ1) is 18.7. The van der Waals surface area contributed by atoms with Crippen LogP contribution in [-0.4, -0.2) is 44.1 Å². The average Bonchev–Trinajstić information content (AvgIpc) is 3.02. The van der Waals surface area contributed by atoms with Gasteiger partial charge in [-0.3, -0.25) is 4.79 Å². The van der Waals surface area contributed by atoms with Gasteiger partial charge in [0.05, 0.1) is 12.9 Å². The molecular weight excluding hydrogens is 328 g/mol. The van der Waals surface area contributed by atoms with E-state index in [0.29, 0.717) is 12.3 Å². The molecule has 2 rings (SSSR count). The normalized spacial score (nSPS) is 15.6. The summed E-state index contributed by atoms with van der Waals surface area (Å²) in [5, 5.41) is 2.79. The van der Waals surface area contributed by atoms with Gasteiger partial charge in [0.25, 0.3) is 0 Å². The zero-order valence-electron chi connectivity index (χ0n) is 14.3. The number of ether oxygens (including phenoxy) is 1. The molecule has 0 saturated heterocycles. The van der Waals surface area contributed by atoms with E-state index < -0.39 is 10.0 Å². The van der Waals surface area contributed by atoms with Crippen LogP contribution in [0.5, 0.6) is 5.75 Å². The Morgan fingerprint density at radius 3 is 2.42 bits per heavy atom. The summed E-state index contributed by atoms with van der Waals surface area (Å²) in [4.78, 5) is 12.1. The van der Waals surface area contributed by atoms with Crippen LogP contribution in [0.25, 0.3) is 0 Å². The molecule has 0 atom stereocenters. The fourth-order valence-corrected chi connectivity index (χ4v) is 4.22. The third kappa shape index (κ3) is 5.49. The van der Waals surface area contributed by atoms with E-state index in [-0.39, 0.29) is 24.9 Å². The molecule has 134 valence electrons. The molecule has 1 saturated carbocycles. The maximum atomic E-state index is 12.1. The van der Waals surface area contributed by atoms with Crippen LogP contribution in [0.15, 0.2) is 24.3 Å². The van der Waals surface area contributed by atoms with E-state index in [1.165, 1.54) is 10.6 Å². The number of carbonyl (C=O) groups excluding carboxylic acids is 1. The number of amides is 1. The summed E-state index contributed by atoms with van der Waals surface area (Å²) < 4.78 is 30.8. The highest BCUT2D eigenvalue weighted by molar-refractivity contribution is 7.88. The lowest BCUT2D eigenvalue weighted by Crippen LogP contribution is -2.39. The van der Waals surface area contributed by atoms with Gasteiger partial charge in [-0.05, 0) is 44.0 Å².